The summed E-state index contributed by atoms with van der Waals surface area (Å²) in [5.41, 5.74) is 3.62. The van der Waals surface area contributed by atoms with Crippen LogP contribution in [0.25, 0.3) is 10.9 Å². The average Bonchev–Trinajstić information content (AvgIpc) is 2.74. The van der Waals surface area contributed by atoms with Crippen LogP contribution in [-0.2, 0) is 17.0 Å². The van der Waals surface area contributed by atoms with Gasteiger partial charge in [0.2, 0.25) is 0 Å². The predicted molar refractivity (Wildman–Crippen MR) is 112 cm³/mol. The van der Waals surface area contributed by atoms with Crippen molar-refractivity contribution in [3.8, 4) is 5.75 Å². The lowest BCUT2D eigenvalue weighted by atomic mass is 10.00. The number of esters is 1. The number of hydrogen-bond donors (Lipinski definition) is 0. The van der Waals surface area contributed by atoms with Crippen molar-refractivity contribution in [1.29, 1.82) is 0 Å². The molecule has 0 bridgehead atoms. The van der Waals surface area contributed by atoms with Crippen molar-refractivity contribution in [2.75, 3.05) is 13.7 Å². The van der Waals surface area contributed by atoms with Gasteiger partial charge in [-0.05, 0) is 53.8 Å². The van der Waals surface area contributed by atoms with E-state index >= 15 is 0 Å². The third-order valence-corrected chi connectivity index (χ3v) is 4.97. The first-order chi connectivity index (χ1) is 14.1. The van der Waals surface area contributed by atoms with Crippen LogP contribution in [0.3, 0.4) is 0 Å². The number of fused-ring (bicyclic) bond motifs is 1. The Morgan fingerprint density at radius 2 is 1.93 bits per heavy atom. The number of carbonyl (C=O) groups is 1. The van der Waals surface area contributed by atoms with Crippen molar-refractivity contribution in [2.24, 2.45) is 0 Å². The maximum atomic E-state index is 13.2. The van der Waals surface area contributed by atoms with Gasteiger partial charge >= 0.3 is 5.97 Å². The Labute approximate surface area is 174 Å². The third kappa shape index (κ3) is 4.85. The van der Waals surface area contributed by atoms with Gasteiger partial charge < -0.3 is 9.47 Å². The first kappa shape index (κ1) is 21.1. The Morgan fingerprint density at radius 3 is 2.59 bits per heavy atom. The van der Waals surface area contributed by atoms with Crippen LogP contribution in [0.2, 0.25) is 0 Å². The molecule has 0 saturated heterocycles. The fourth-order valence-electron chi connectivity index (χ4n) is 3.15. The largest absolute Gasteiger partial charge is 0.490 e. The number of rotatable bonds is 8. The summed E-state index contributed by atoms with van der Waals surface area (Å²) in [6, 6.07) is 10.1. The fraction of sp³-hybridized carbons (Fsp3) is 0.304. The number of nitrogens with zero attached hydrogens (tertiary/aromatic N) is 1. The van der Waals surface area contributed by atoms with Crippen LogP contribution in [0.15, 0.2) is 42.6 Å². The molecule has 0 N–H and O–H groups in total. The minimum atomic E-state index is -0.484. The van der Waals surface area contributed by atoms with Gasteiger partial charge in [-0.3, -0.25) is 4.98 Å². The predicted octanol–water partition coefficient (Wildman–Crippen LogP) is 5.67. The van der Waals surface area contributed by atoms with Crippen molar-refractivity contribution >= 4 is 28.5 Å². The molecule has 3 aromatic rings. The van der Waals surface area contributed by atoms with E-state index in [-0.39, 0.29) is 11.7 Å². The third-order valence-electron chi connectivity index (χ3n) is 4.68. The van der Waals surface area contributed by atoms with Crippen LogP contribution in [0.1, 0.15) is 46.8 Å². The normalized spacial score (nSPS) is 10.9. The Kier molecular flexibility index (Phi) is 7.04. The van der Waals surface area contributed by atoms with Gasteiger partial charge in [0.25, 0.3) is 0 Å². The monoisotopic (exact) mass is 415 g/mol. The number of carbonyl (C=O) groups excluding carboxylic acids is 1. The molecule has 2 aromatic carbocycles. The van der Waals surface area contributed by atoms with E-state index < -0.39 is 5.97 Å². The quantitative estimate of drug-likeness (QED) is 0.270. The van der Waals surface area contributed by atoms with Gasteiger partial charge in [-0.2, -0.15) is 0 Å². The topological polar surface area (TPSA) is 48.4 Å². The van der Waals surface area contributed by atoms with E-state index in [1.807, 2.05) is 6.07 Å². The number of benzene rings is 2. The Hall–Kier alpha value is -2.66. The van der Waals surface area contributed by atoms with Gasteiger partial charge in [-0.25, -0.2) is 9.18 Å². The van der Waals surface area contributed by atoms with Crippen LogP contribution in [0, 0.1) is 5.82 Å². The average molecular weight is 416 g/mol. The summed E-state index contributed by atoms with van der Waals surface area (Å²) >= 11 is 6.17. The molecule has 0 fully saturated rings. The molecule has 29 heavy (non-hydrogen) atoms. The molecule has 3 rings (SSSR count). The number of unbranched alkanes of at least 4 members (excludes halogenated alkanes) is 1. The summed E-state index contributed by atoms with van der Waals surface area (Å²) in [4.78, 5) is 16.9. The SMILES string of the molecule is CCCCOc1c(C(=O)OC)cc(CCl)c2cc(Cc3ccc(F)cc3)cnc12. The summed E-state index contributed by atoms with van der Waals surface area (Å²) in [6.45, 7) is 2.55. The van der Waals surface area contributed by atoms with Gasteiger partial charge in [0.15, 0.2) is 5.75 Å². The molecule has 0 aliphatic heterocycles. The highest BCUT2D eigenvalue weighted by Gasteiger charge is 2.20. The molecule has 6 heteroatoms. The summed E-state index contributed by atoms with van der Waals surface area (Å²) in [5, 5.41) is 0.832. The van der Waals surface area contributed by atoms with Crippen LogP contribution in [0.4, 0.5) is 4.39 Å². The van der Waals surface area contributed by atoms with Crippen molar-refractivity contribution in [1.82, 2.24) is 4.98 Å². The van der Waals surface area contributed by atoms with E-state index in [9.17, 15) is 9.18 Å². The molecule has 0 radical (unpaired) electrons. The standard InChI is InChI=1S/C23H23ClFNO3/c1-3-4-9-29-22-20(23(27)28-2)12-17(13-24)19-11-16(14-26-21(19)22)10-15-5-7-18(25)8-6-15/h5-8,11-12,14H,3-4,9-10,13H2,1-2H3. The Balaban J connectivity index is 2.08. The fourth-order valence-corrected chi connectivity index (χ4v) is 3.37. The lowest BCUT2D eigenvalue weighted by Crippen LogP contribution is -2.09. The number of ether oxygens (including phenoxy) is 2. The van der Waals surface area contributed by atoms with E-state index in [0.29, 0.717) is 29.9 Å². The summed E-state index contributed by atoms with van der Waals surface area (Å²) in [5.74, 6) is -0.110. The molecular weight excluding hydrogens is 393 g/mol. The highest BCUT2D eigenvalue weighted by atomic mass is 35.5. The molecule has 152 valence electrons. The molecule has 1 heterocycles. The molecule has 0 saturated carbocycles. The minimum absolute atomic E-state index is 0.220. The maximum Gasteiger partial charge on any atom is 0.341 e. The summed E-state index contributed by atoms with van der Waals surface area (Å²) < 4.78 is 24.0. The number of alkyl halides is 1. The lowest BCUT2D eigenvalue weighted by Gasteiger charge is -2.16. The highest BCUT2D eigenvalue weighted by molar-refractivity contribution is 6.18. The van der Waals surface area contributed by atoms with Gasteiger partial charge in [-0.15, -0.1) is 11.6 Å². The van der Waals surface area contributed by atoms with Crippen molar-refractivity contribution < 1.29 is 18.7 Å². The lowest BCUT2D eigenvalue weighted by molar-refractivity contribution is 0.0596. The molecule has 0 unspecified atom stereocenters. The number of halogens is 2. The summed E-state index contributed by atoms with van der Waals surface area (Å²) in [6.07, 6.45) is 4.19. The van der Waals surface area contributed by atoms with Crippen LogP contribution >= 0.6 is 11.6 Å². The van der Waals surface area contributed by atoms with E-state index in [1.54, 1.807) is 24.4 Å². The molecule has 0 aliphatic rings. The molecule has 1 aromatic heterocycles. The number of methoxy groups -OCH3 is 1. The molecule has 0 atom stereocenters. The van der Waals surface area contributed by atoms with Crippen LogP contribution < -0.4 is 4.74 Å². The molecular formula is C23H23ClFNO3. The molecule has 4 nitrogen and oxygen atoms in total. The molecule has 0 aliphatic carbocycles. The second-order valence-electron chi connectivity index (χ2n) is 6.78. The number of pyridine rings is 1. The van der Waals surface area contributed by atoms with Crippen LogP contribution in [0.5, 0.6) is 5.75 Å². The molecule has 0 spiro atoms. The minimum Gasteiger partial charge on any atom is -0.490 e. The zero-order valence-corrected chi connectivity index (χ0v) is 17.3. The summed E-state index contributed by atoms with van der Waals surface area (Å²) in [7, 11) is 1.34. The first-order valence-corrected chi connectivity index (χ1v) is 10.1. The van der Waals surface area contributed by atoms with Gasteiger partial charge in [0, 0.05) is 17.5 Å². The van der Waals surface area contributed by atoms with Gasteiger partial charge in [-0.1, -0.05) is 25.5 Å². The Morgan fingerprint density at radius 1 is 1.17 bits per heavy atom. The van der Waals surface area contributed by atoms with Crippen molar-refractivity contribution in [3.05, 3.63) is 70.7 Å². The maximum absolute atomic E-state index is 13.2. The second kappa shape index (κ2) is 9.70. The van der Waals surface area contributed by atoms with Crippen LogP contribution in [-0.4, -0.2) is 24.7 Å². The first-order valence-electron chi connectivity index (χ1n) is 9.53. The Bertz CT molecular complexity index is 1010. The zero-order valence-electron chi connectivity index (χ0n) is 16.5. The van der Waals surface area contributed by atoms with Crippen molar-refractivity contribution in [3.63, 3.8) is 0 Å². The molecule has 0 amide bonds. The van der Waals surface area contributed by atoms with E-state index in [2.05, 4.69) is 11.9 Å². The smallest absolute Gasteiger partial charge is 0.341 e. The highest BCUT2D eigenvalue weighted by Crippen LogP contribution is 2.34. The number of hydrogen-bond acceptors (Lipinski definition) is 4. The number of aromatic nitrogens is 1. The van der Waals surface area contributed by atoms with Crippen molar-refractivity contribution in [2.45, 2.75) is 32.1 Å². The van der Waals surface area contributed by atoms with E-state index in [0.717, 1.165) is 34.9 Å². The van der Waals surface area contributed by atoms with E-state index in [1.165, 1.54) is 19.2 Å². The zero-order chi connectivity index (χ0) is 20.8. The van der Waals surface area contributed by atoms with Gasteiger partial charge in [0.05, 0.1) is 13.7 Å². The second-order valence-corrected chi connectivity index (χ2v) is 7.05. The van der Waals surface area contributed by atoms with Gasteiger partial charge in [0.1, 0.15) is 16.9 Å². The van der Waals surface area contributed by atoms with E-state index in [4.69, 9.17) is 21.1 Å².